The number of nitrogens with one attached hydrogen (secondary N) is 2. The van der Waals surface area contributed by atoms with Crippen molar-refractivity contribution in [2.24, 2.45) is 10.8 Å². The van der Waals surface area contributed by atoms with Crippen LogP contribution in [0.4, 0.5) is 0 Å². The van der Waals surface area contributed by atoms with Crippen LogP contribution in [0.2, 0.25) is 0 Å². The Hall–Kier alpha value is -1.55. The Morgan fingerprint density at radius 3 is 2.45 bits per heavy atom. The molecule has 4 nitrogen and oxygen atoms in total. The van der Waals surface area contributed by atoms with Crippen molar-refractivity contribution in [3.8, 4) is 0 Å². The van der Waals surface area contributed by atoms with Gasteiger partial charge in [-0.2, -0.15) is 0 Å². The Morgan fingerprint density at radius 1 is 1.25 bits per heavy atom. The molecule has 0 aromatic heterocycles. The summed E-state index contributed by atoms with van der Waals surface area (Å²) in [5.74, 6) is 6.80. The molecule has 1 fully saturated rings. The fourth-order valence-electron chi connectivity index (χ4n) is 2.57. The van der Waals surface area contributed by atoms with Crippen molar-refractivity contribution >= 4 is 5.96 Å². The maximum Gasteiger partial charge on any atom is 0.206 e. The van der Waals surface area contributed by atoms with Crippen LogP contribution in [0.25, 0.3) is 0 Å². The summed E-state index contributed by atoms with van der Waals surface area (Å²) in [6.07, 6.45) is 5.02. The smallest absolute Gasteiger partial charge is 0.206 e. The van der Waals surface area contributed by atoms with Crippen molar-refractivity contribution in [1.82, 2.24) is 10.7 Å². The molecule has 0 heterocycles. The second kappa shape index (κ2) is 7.29. The number of nitrogens with zero attached hydrogens (tertiary/aromatic N) is 1. The molecule has 0 saturated heterocycles. The van der Waals surface area contributed by atoms with Gasteiger partial charge in [0, 0.05) is 6.04 Å². The first-order valence-corrected chi connectivity index (χ1v) is 7.55. The van der Waals surface area contributed by atoms with E-state index in [0.29, 0.717) is 24.5 Å². The fourth-order valence-corrected chi connectivity index (χ4v) is 2.57. The molecule has 4 heteroatoms. The third-order valence-electron chi connectivity index (χ3n) is 3.90. The summed E-state index contributed by atoms with van der Waals surface area (Å²) in [6.45, 7) is 5.06. The minimum Gasteiger partial charge on any atom is -0.353 e. The van der Waals surface area contributed by atoms with Gasteiger partial charge in [0.15, 0.2) is 0 Å². The lowest BCUT2D eigenvalue weighted by Gasteiger charge is -2.15. The zero-order valence-electron chi connectivity index (χ0n) is 12.5. The number of benzene rings is 1. The van der Waals surface area contributed by atoms with E-state index in [4.69, 9.17) is 5.84 Å². The lowest BCUT2D eigenvalue weighted by atomic mass is 10.0. The largest absolute Gasteiger partial charge is 0.353 e. The number of aliphatic imine (C=N–C) groups is 1. The predicted molar refractivity (Wildman–Crippen MR) is 84.4 cm³/mol. The van der Waals surface area contributed by atoms with E-state index in [9.17, 15) is 0 Å². The zero-order valence-corrected chi connectivity index (χ0v) is 12.5. The van der Waals surface area contributed by atoms with E-state index >= 15 is 0 Å². The molecular formula is C16H26N4. The van der Waals surface area contributed by atoms with Gasteiger partial charge in [0.25, 0.3) is 0 Å². The Balaban J connectivity index is 1.91. The second-order valence-corrected chi connectivity index (χ2v) is 5.83. The lowest BCUT2D eigenvalue weighted by molar-refractivity contribution is 0.614. The van der Waals surface area contributed by atoms with Crippen LogP contribution < -0.4 is 16.6 Å². The average molecular weight is 274 g/mol. The standard InChI is InChI=1S/C16H26N4/c1-12(2)14-9-7-13(8-10-14)11-18-16(20-17)19-15-5-3-4-6-15/h7-10,12,15H,3-6,11,17H2,1-2H3,(H2,18,19,20). The molecule has 1 aromatic carbocycles. The molecule has 1 aliphatic rings. The van der Waals surface area contributed by atoms with Crippen molar-refractivity contribution in [2.75, 3.05) is 0 Å². The second-order valence-electron chi connectivity index (χ2n) is 5.83. The quantitative estimate of drug-likeness (QED) is 0.342. The molecule has 0 unspecified atom stereocenters. The maximum atomic E-state index is 5.54. The van der Waals surface area contributed by atoms with Crippen molar-refractivity contribution in [2.45, 2.75) is 58.0 Å². The summed E-state index contributed by atoms with van der Waals surface area (Å²) >= 11 is 0. The van der Waals surface area contributed by atoms with Crippen molar-refractivity contribution in [3.05, 3.63) is 35.4 Å². The molecule has 1 saturated carbocycles. The molecule has 20 heavy (non-hydrogen) atoms. The molecule has 110 valence electrons. The third kappa shape index (κ3) is 4.23. The number of rotatable bonds is 4. The van der Waals surface area contributed by atoms with Gasteiger partial charge >= 0.3 is 0 Å². The lowest BCUT2D eigenvalue weighted by Crippen LogP contribution is -2.45. The van der Waals surface area contributed by atoms with Gasteiger partial charge in [-0.05, 0) is 29.9 Å². The fraction of sp³-hybridized carbons (Fsp3) is 0.562. The average Bonchev–Trinajstić information content (AvgIpc) is 2.96. The number of hydrazine groups is 1. The van der Waals surface area contributed by atoms with Crippen LogP contribution in [0, 0.1) is 0 Å². The topological polar surface area (TPSA) is 62.4 Å². The van der Waals surface area contributed by atoms with E-state index in [1.807, 2.05) is 0 Å². The number of hydrogen-bond acceptors (Lipinski definition) is 2. The van der Waals surface area contributed by atoms with Crippen LogP contribution >= 0.6 is 0 Å². The van der Waals surface area contributed by atoms with E-state index < -0.39 is 0 Å². The Bertz CT molecular complexity index is 430. The Labute approximate surface area is 121 Å². The van der Waals surface area contributed by atoms with Gasteiger partial charge < -0.3 is 5.32 Å². The summed E-state index contributed by atoms with van der Waals surface area (Å²) in [4.78, 5) is 4.52. The first-order chi connectivity index (χ1) is 9.69. The maximum absolute atomic E-state index is 5.54. The van der Waals surface area contributed by atoms with Gasteiger partial charge in [-0.25, -0.2) is 10.8 Å². The van der Waals surface area contributed by atoms with Crippen molar-refractivity contribution in [1.29, 1.82) is 0 Å². The predicted octanol–water partition coefficient (Wildman–Crippen LogP) is 2.66. The summed E-state index contributed by atoms with van der Waals surface area (Å²) in [5.41, 5.74) is 5.23. The van der Waals surface area contributed by atoms with Crippen LogP contribution in [0.3, 0.4) is 0 Å². The van der Waals surface area contributed by atoms with Crippen LogP contribution in [0.15, 0.2) is 29.3 Å². The van der Waals surface area contributed by atoms with Gasteiger partial charge in [-0.3, -0.25) is 5.43 Å². The molecule has 0 aliphatic heterocycles. The SMILES string of the molecule is CC(C)c1ccc(CN=C(NN)NC2CCCC2)cc1. The van der Waals surface area contributed by atoms with Crippen LogP contribution in [0.1, 0.15) is 56.6 Å². The zero-order chi connectivity index (χ0) is 14.4. The molecular weight excluding hydrogens is 248 g/mol. The number of hydrogen-bond donors (Lipinski definition) is 3. The number of nitrogens with two attached hydrogens (primary N) is 1. The summed E-state index contributed by atoms with van der Waals surface area (Å²) < 4.78 is 0. The summed E-state index contributed by atoms with van der Waals surface area (Å²) in [6, 6.07) is 9.16. The van der Waals surface area contributed by atoms with Gasteiger partial charge in [-0.1, -0.05) is 51.0 Å². The van der Waals surface area contributed by atoms with Gasteiger partial charge in [-0.15, -0.1) is 0 Å². The highest BCUT2D eigenvalue weighted by atomic mass is 15.3. The summed E-state index contributed by atoms with van der Waals surface area (Å²) in [5, 5.41) is 3.38. The van der Waals surface area contributed by atoms with Crippen molar-refractivity contribution < 1.29 is 0 Å². The molecule has 4 N–H and O–H groups in total. The van der Waals surface area contributed by atoms with E-state index in [1.54, 1.807) is 0 Å². The molecule has 2 rings (SSSR count). The first-order valence-electron chi connectivity index (χ1n) is 7.55. The first kappa shape index (κ1) is 14.9. The molecule has 0 radical (unpaired) electrons. The van der Waals surface area contributed by atoms with E-state index in [1.165, 1.54) is 36.8 Å². The van der Waals surface area contributed by atoms with Gasteiger partial charge in [0.2, 0.25) is 5.96 Å². The highest BCUT2D eigenvalue weighted by Gasteiger charge is 2.15. The van der Waals surface area contributed by atoms with Gasteiger partial charge in [0.05, 0.1) is 6.54 Å². The minimum absolute atomic E-state index is 0.521. The van der Waals surface area contributed by atoms with Crippen LogP contribution in [-0.2, 0) is 6.54 Å². The minimum atomic E-state index is 0.521. The molecule has 0 bridgehead atoms. The van der Waals surface area contributed by atoms with Gasteiger partial charge in [0.1, 0.15) is 0 Å². The van der Waals surface area contributed by atoms with E-state index in [0.717, 1.165) is 0 Å². The number of guanidine groups is 1. The normalized spacial score (nSPS) is 16.7. The third-order valence-corrected chi connectivity index (χ3v) is 3.90. The molecule has 0 atom stereocenters. The highest BCUT2D eigenvalue weighted by molar-refractivity contribution is 5.79. The molecule has 0 spiro atoms. The van der Waals surface area contributed by atoms with E-state index in [-0.39, 0.29) is 0 Å². The molecule has 1 aromatic rings. The van der Waals surface area contributed by atoms with E-state index in [2.05, 4.69) is 53.8 Å². The Kier molecular flexibility index (Phi) is 5.41. The Morgan fingerprint density at radius 2 is 1.90 bits per heavy atom. The summed E-state index contributed by atoms with van der Waals surface area (Å²) in [7, 11) is 0. The highest BCUT2D eigenvalue weighted by Crippen LogP contribution is 2.17. The van der Waals surface area contributed by atoms with Crippen molar-refractivity contribution in [3.63, 3.8) is 0 Å². The molecule has 1 aliphatic carbocycles. The van der Waals surface area contributed by atoms with Crippen LogP contribution in [0.5, 0.6) is 0 Å². The van der Waals surface area contributed by atoms with Crippen LogP contribution in [-0.4, -0.2) is 12.0 Å². The monoisotopic (exact) mass is 274 g/mol. The molecule has 0 amide bonds.